The van der Waals surface area contributed by atoms with Gasteiger partial charge in [-0.1, -0.05) is 27.1 Å². The minimum absolute atomic E-state index is 0.0577. The van der Waals surface area contributed by atoms with Crippen molar-refractivity contribution in [3.05, 3.63) is 39.4 Å². The third-order valence-corrected chi connectivity index (χ3v) is 4.08. The summed E-state index contributed by atoms with van der Waals surface area (Å²) in [6.45, 7) is 1.56. The van der Waals surface area contributed by atoms with E-state index in [1.165, 1.54) is 24.8 Å². The fraction of sp³-hybridized carbons (Fsp3) is 0.400. The standard InChI is InChI=1S/C15H19N2O5P/c1-21-15(18)10-22-14-3-2-12(9-13(14)17(19)20)8-11-4-6-16(23)7-5-11/h2-3,8-9H,4-7,10,23H2,1H3. The lowest BCUT2D eigenvalue weighted by Crippen LogP contribution is -2.20. The van der Waals surface area contributed by atoms with Crippen LogP contribution in [0.15, 0.2) is 23.8 Å². The molecule has 1 aliphatic heterocycles. The summed E-state index contributed by atoms with van der Waals surface area (Å²) in [7, 11) is 3.91. The van der Waals surface area contributed by atoms with Crippen molar-refractivity contribution in [2.45, 2.75) is 12.8 Å². The molecule has 0 bridgehead atoms. The Morgan fingerprint density at radius 1 is 1.43 bits per heavy atom. The van der Waals surface area contributed by atoms with Gasteiger partial charge in [0, 0.05) is 19.2 Å². The van der Waals surface area contributed by atoms with Crippen molar-refractivity contribution < 1.29 is 19.2 Å². The van der Waals surface area contributed by atoms with E-state index >= 15 is 0 Å². The molecule has 1 unspecified atom stereocenters. The first-order valence-corrected chi connectivity index (χ1v) is 7.68. The number of benzene rings is 1. The molecule has 1 fully saturated rings. The van der Waals surface area contributed by atoms with E-state index in [1.54, 1.807) is 6.07 Å². The third kappa shape index (κ3) is 5.01. The van der Waals surface area contributed by atoms with Crippen LogP contribution in [0.5, 0.6) is 5.75 Å². The minimum atomic E-state index is -0.588. The second-order valence-corrected chi connectivity index (χ2v) is 5.92. The predicted octanol–water partition coefficient (Wildman–Crippen LogP) is 2.42. The Morgan fingerprint density at radius 3 is 2.74 bits per heavy atom. The SMILES string of the molecule is COC(=O)COc1ccc(C=C2CCN(P)CC2)cc1[N+](=O)[O-]. The molecule has 2 rings (SSSR count). The highest BCUT2D eigenvalue weighted by molar-refractivity contribution is 7.13. The molecule has 1 aromatic rings. The molecule has 1 atom stereocenters. The van der Waals surface area contributed by atoms with Crippen molar-refractivity contribution in [1.82, 2.24) is 4.67 Å². The molecule has 0 spiro atoms. The Kier molecular flexibility index (Phi) is 6.07. The van der Waals surface area contributed by atoms with Crippen LogP contribution in [0.1, 0.15) is 18.4 Å². The number of piperidine rings is 1. The number of nitrogens with zero attached hydrogens (tertiary/aromatic N) is 2. The zero-order valence-electron chi connectivity index (χ0n) is 12.9. The zero-order chi connectivity index (χ0) is 16.8. The molecule has 1 aromatic carbocycles. The van der Waals surface area contributed by atoms with Crippen LogP contribution >= 0.6 is 9.39 Å². The number of carbonyl (C=O) groups is 1. The molecule has 1 heterocycles. The molecule has 0 saturated carbocycles. The van der Waals surface area contributed by atoms with Crippen molar-refractivity contribution in [3.8, 4) is 5.75 Å². The largest absolute Gasteiger partial charge is 0.475 e. The number of esters is 1. The number of methoxy groups -OCH3 is 1. The first-order valence-electron chi connectivity index (χ1n) is 7.16. The first-order chi connectivity index (χ1) is 11.0. The van der Waals surface area contributed by atoms with Gasteiger partial charge in [0.2, 0.25) is 0 Å². The summed E-state index contributed by atoms with van der Waals surface area (Å²) in [6, 6.07) is 4.73. The van der Waals surface area contributed by atoms with Gasteiger partial charge < -0.3 is 9.47 Å². The van der Waals surface area contributed by atoms with Crippen molar-refractivity contribution in [2.24, 2.45) is 0 Å². The maximum Gasteiger partial charge on any atom is 0.343 e. The summed E-state index contributed by atoms with van der Waals surface area (Å²) in [4.78, 5) is 21.8. The topological polar surface area (TPSA) is 81.9 Å². The molecule has 8 heteroatoms. The summed E-state index contributed by atoms with van der Waals surface area (Å²) in [6.07, 6.45) is 3.87. The minimum Gasteiger partial charge on any atom is -0.475 e. The lowest BCUT2D eigenvalue weighted by atomic mass is 10.0. The monoisotopic (exact) mass is 338 g/mol. The van der Waals surface area contributed by atoms with Gasteiger partial charge in [-0.3, -0.25) is 14.8 Å². The number of carbonyl (C=O) groups excluding carboxylic acids is 1. The predicted molar refractivity (Wildman–Crippen MR) is 89.1 cm³/mol. The van der Waals surface area contributed by atoms with Gasteiger partial charge in [-0.05, 0) is 24.5 Å². The number of nitro groups is 1. The van der Waals surface area contributed by atoms with E-state index in [2.05, 4.69) is 18.8 Å². The molecule has 0 radical (unpaired) electrons. The molecule has 124 valence electrons. The van der Waals surface area contributed by atoms with Gasteiger partial charge in [0.1, 0.15) is 0 Å². The summed E-state index contributed by atoms with van der Waals surface area (Å²) in [5, 5.41) is 11.2. The Labute approximate surface area is 136 Å². The van der Waals surface area contributed by atoms with Gasteiger partial charge in [0.15, 0.2) is 12.4 Å². The lowest BCUT2D eigenvalue weighted by Gasteiger charge is -2.23. The molecule has 0 N–H and O–H groups in total. The molecular formula is C15H19N2O5P. The van der Waals surface area contributed by atoms with E-state index in [0.717, 1.165) is 31.5 Å². The van der Waals surface area contributed by atoms with Crippen LogP contribution in [-0.4, -0.2) is 42.4 Å². The van der Waals surface area contributed by atoms with E-state index in [-0.39, 0.29) is 18.0 Å². The fourth-order valence-electron chi connectivity index (χ4n) is 2.28. The second kappa shape index (κ2) is 8.04. The number of rotatable bonds is 5. The summed E-state index contributed by atoms with van der Waals surface area (Å²) in [5.41, 5.74) is 1.86. The Bertz CT molecular complexity index is 622. The van der Waals surface area contributed by atoms with E-state index in [1.807, 2.05) is 6.08 Å². The van der Waals surface area contributed by atoms with Crippen LogP contribution in [0, 0.1) is 10.1 Å². The first kappa shape index (κ1) is 17.4. The number of nitro benzene ring substituents is 1. The lowest BCUT2D eigenvalue weighted by molar-refractivity contribution is -0.385. The maximum absolute atomic E-state index is 11.2. The van der Waals surface area contributed by atoms with Crippen LogP contribution in [0.25, 0.3) is 6.08 Å². The highest BCUT2D eigenvalue weighted by Gasteiger charge is 2.17. The molecule has 23 heavy (non-hydrogen) atoms. The quantitative estimate of drug-likeness (QED) is 0.355. The summed E-state index contributed by atoms with van der Waals surface area (Å²) in [5.74, 6) is -0.531. The highest BCUT2D eigenvalue weighted by Crippen LogP contribution is 2.30. The van der Waals surface area contributed by atoms with Gasteiger partial charge in [0.25, 0.3) is 0 Å². The Morgan fingerprint density at radius 2 is 2.13 bits per heavy atom. The number of hydrogen-bond donors (Lipinski definition) is 0. The fourth-order valence-corrected chi connectivity index (χ4v) is 2.53. The molecule has 1 aliphatic rings. The van der Waals surface area contributed by atoms with Crippen molar-refractivity contribution in [3.63, 3.8) is 0 Å². The van der Waals surface area contributed by atoms with Gasteiger partial charge >= 0.3 is 11.7 Å². The van der Waals surface area contributed by atoms with E-state index in [9.17, 15) is 14.9 Å². The molecular weight excluding hydrogens is 319 g/mol. The van der Waals surface area contributed by atoms with Gasteiger partial charge in [-0.25, -0.2) is 4.79 Å². The molecule has 7 nitrogen and oxygen atoms in total. The number of ether oxygens (including phenoxy) is 2. The van der Waals surface area contributed by atoms with Crippen LogP contribution in [-0.2, 0) is 9.53 Å². The van der Waals surface area contributed by atoms with E-state index < -0.39 is 10.9 Å². The summed E-state index contributed by atoms with van der Waals surface area (Å²) >= 11 is 0. The molecule has 0 aromatic heterocycles. The highest BCUT2D eigenvalue weighted by atomic mass is 31.0. The zero-order valence-corrected chi connectivity index (χ0v) is 14.0. The van der Waals surface area contributed by atoms with E-state index in [4.69, 9.17) is 4.74 Å². The molecule has 0 amide bonds. The van der Waals surface area contributed by atoms with Gasteiger partial charge in [-0.15, -0.1) is 0 Å². The molecule has 0 aliphatic carbocycles. The maximum atomic E-state index is 11.2. The van der Waals surface area contributed by atoms with Crippen molar-refractivity contribution in [2.75, 3.05) is 26.8 Å². The van der Waals surface area contributed by atoms with Crippen LogP contribution in [0.3, 0.4) is 0 Å². The van der Waals surface area contributed by atoms with Crippen molar-refractivity contribution >= 4 is 27.1 Å². The van der Waals surface area contributed by atoms with Crippen LogP contribution in [0.4, 0.5) is 5.69 Å². The van der Waals surface area contributed by atoms with Crippen LogP contribution in [0.2, 0.25) is 0 Å². The van der Waals surface area contributed by atoms with Crippen molar-refractivity contribution in [1.29, 1.82) is 0 Å². The Balaban J connectivity index is 2.17. The smallest absolute Gasteiger partial charge is 0.343 e. The Hall–Kier alpha value is -1.98. The second-order valence-electron chi connectivity index (χ2n) is 5.19. The van der Waals surface area contributed by atoms with E-state index in [0.29, 0.717) is 0 Å². The third-order valence-electron chi connectivity index (χ3n) is 3.56. The summed E-state index contributed by atoms with van der Waals surface area (Å²) < 4.78 is 11.8. The average molecular weight is 338 g/mol. The van der Waals surface area contributed by atoms with Gasteiger partial charge in [0.05, 0.1) is 12.0 Å². The normalized spacial score (nSPS) is 15.1. The van der Waals surface area contributed by atoms with Gasteiger partial charge in [-0.2, -0.15) is 0 Å². The molecule has 1 saturated heterocycles. The average Bonchev–Trinajstić information content (AvgIpc) is 2.55. The number of hydrogen-bond acceptors (Lipinski definition) is 6. The van der Waals surface area contributed by atoms with Crippen LogP contribution < -0.4 is 4.74 Å².